The van der Waals surface area contributed by atoms with Gasteiger partial charge < -0.3 is 19.9 Å². The molecule has 2 aromatic carbocycles. The van der Waals surface area contributed by atoms with Gasteiger partial charge in [-0.1, -0.05) is 29.3 Å². The summed E-state index contributed by atoms with van der Waals surface area (Å²) in [5.41, 5.74) is 2.62. The molecular formula is C24H28Cl2N6O2. The molecule has 0 spiro atoms. The van der Waals surface area contributed by atoms with E-state index >= 15 is 0 Å². The van der Waals surface area contributed by atoms with E-state index in [1.54, 1.807) is 29.2 Å². The maximum Gasteiger partial charge on any atom is 0.317 e. The van der Waals surface area contributed by atoms with Gasteiger partial charge in [0.05, 0.1) is 6.61 Å². The minimum atomic E-state index is -0.121. The van der Waals surface area contributed by atoms with E-state index in [2.05, 4.69) is 26.4 Å². The van der Waals surface area contributed by atoms with Crippen LogP contribution < -0.4 is 15.0 Å². The SMILES string of the molecule is CCOc1cc(N2CCCN(C(=O)NCc3c(Cl)cccc3Cl)CC2)ccc1-n1cnc(C)n1. The third-order valence-corrected chi connectivity index (χ3v) is 6.43. The lowest BCUT2D eigenvalue weighted by Gasteiger charge is -2.25. The molecule has 1 saturated heterocycles. The highest BCUT2D eigenvalue weighted by molar-refractivity contribution is 6.36. The van der Waals surface area contributed by atoms with Crippen LogP contribution in [0.15, 0.2) is 42.7 Å². The molecule has 0 aliphatic carbocycles. The number of ether oxygens (including phenoxy) is 1. The number of rotatable bonds is 6. The maximum absolute atomic E-state index is 12.8. The van der Waals surface area contributed by atoms with Gasteiger partial charge in [0.1, 0.15) is 23.6 Å². The Morgan fingerprint density at radius 2 is 1.91 bits per heavy atom. The molecule has 4 rings (SSSR count). The summed E-state index contributed by atoms with van der Waals surface area (Å²) in [6.07, 6.45) is 2.54. The van der Waals surface area contributed by atoms with Crippen molar-refractivity contribution in [3.05, 3.63) is 64.2 Å². The Kier molecular flexibility index (Phi) is 7.80. The second-order valence-corrected chi connectivity index (χ2v) is 8.82. The molecule has 0 radical (unpaired) electrons. The van der Waals surface area contributed by atoms with E-state index < -0.39 is 0 Å². The number of halogens is 2. The predicted octanol–water partition coefficient (Wildman–Crippen LogP) is 4.70. The van der Waals surface area contributed by atoms with Gasteiger partial charge >= 0.3 is 6.03 Å². The van der Waals surface area contributed by atoms with Crippen molar-refractivity contribution < 1.29 is 9.53 Å². The third-order valence-electron chi connectivity index (χ3n) is 5.72. The summed E-state index contributed by atoms with van der Waals surface area (Å²) in [6.45, 7) is 7.49. The lowest BCUT2D eigenvalue weighted by atomic mass is 10.2. The molecule has 0 unspecified atom stereocenters. The molecule has 3 aromatic rings. The van der Waals surface area contributed by atoms with Gasteiger partial charge in [0.2, 0.25) is 0 Å². The number of hydrogen-bond acceptors (Lipinski definition) is 5. The smallest absolute Gasteiger partial charge is 0.317 e. The Hall–Kier alpha value is -2.97. The van der Waals surface area contributed by atoms with Gasteiger partial charge in [0, 0.05) is 60.1 Å². The number of benzene rings is 2. The molecule has 2 heterocycles. The minimum Gasteiger partial charge on any atom is -0.492 e. The zero-order valence-corrected chi connectivity index (χ0v) is 20.8. The minimum absolute atomic E-state index is 0.121. The zero-order valence-electron chi connectivity index (χ0n) is 19.3. The van der Waals surface area contributed by atoms with E-state index in [0.717, 1.165) is 35.7 Å². The first kappa shape index (κ1) is 24.2. The van der Waals surface area contributed by atoms with Crippen molar-refractivity contribution >= 4 is 34.9 Å². The highest BCUT2D eigenvalue weighted by Crippen LogP contribution is 2.29. The first-order valence-electron chi connectivity index (χ1n) is 11.3. The number of amides is 2. The molecular weight excluding hydrogens is 475 g/mol. The molecule has 1 aliphatic heterocycles. The molecule has 1 aliphatic rings. The van der Waals surface area contributed by atoms with Gasteiger partial charge in [-0.25, -0.2) is 14.5 Å². The van der Waals surface area contributed by atoms with Crippen molar-refractivity contribution in [2.75, 3.05) is 37.7 Å². The lowest BCUT2D eigenvalue weighted by Crippen LogP contribution is -2.41. The Morgan fingerprint density at radius 3 is 2.62 bits per heavy atom. The molecule has 8 nitrogen and oxygen atoms in total. The molecule has 34 heavy (non-hydrogen) atoms. The number of aryl methyl sites for hydroxylation is 1. The number of nitrogens with zero attached hydrogens (tertiary/aromatic N) is 5. The number of aromatic nitrogens is 3. The van der Waals surface area contributed by atoms with Crippen molar-refractivity contribution in [1.29, 1.82) is 0 Å². The van der Waals surface area contributed by atoms with E-state index in [1.807, 2.05) is 30.9 Å². The summed E-state index contributed by atoms with van der Waals surface area (Å²) in [7, 11) is 0. The van der Waals surface area contributed by atoms with Crippen LogP contribution >= 0.6 is 23.2 Å². The van der Waals surface area contributed by atoms with Crippen molar-refractivity contribution in [2.24, 2.45) is 0 Å². The summed E-state index contributed by atoms with van der Waals surface area (Å²) in [5, 5.41) is 8.45. The Balaban J connectivity index is 1.41. The predicted molar refractivity (Wildman–Crippen MR) is 134 cm³/mol. The van der Waals surface area contributed by atoms with E-state index in [0.29, 0.717) is 48.7 Å². The average molecular weight is 503 g/mol. The monoisotopic (exact) mass is 502 g/mol. The van der Waals surface area contributed by atoms with Crippen LogP contribution in [0.1, 0.15) is 24.7 Å². The van der Waals surface area contributed by atoms with Gasteiger partial charge in [-0.05, 0) is 44.5 Å². The molecule has 0 saturated carbocycles. The normalized spacial score (nSPS) is 14.1. The highest BCUT2D eigenvalue weighted by atomic mass is 35.5. The zero-order chi connectivity index (χ0) is 24.1. The fourth-order valence-corrected chi connectivity index (χ4v) is 4.51. The molecule has 1 aromatic heterocycles. The van der Waals surface area contributed by atoms with Gasteiger partial charge in [0.25, 0.3) is 0 Å². The summed E-state index contributed by atoms with van der Waals surface area (Å²) in [4.78, 5) is 21.1. The van der Waals surface area contributed by atoms with E-state index in [1.165, 1.54) is 0 Å². The van der Waals surface area contributed by atoms with E-state index in [-0.39, 0.29) is 6.03 Å². The van der Waals surface area contributed by atoms with Crippen molar-refractivity contribution in [2.45, 2.75) is 26.8 Å². The van der Waals surface area contributed by atoms with Crippen molar-refractivity contribution in [3.8, 4) is 11.4 Å². The molecule has 2 amide bonds. The fourth-order valence-electron chi connectivity index (χ4n) is 3.98. The highest BCUT2D eigenvalue weighted by Gasteiger charge is 2.21. The summed E-state index contributed by atoms with van der Waals surface area (Å²) in [5.74, 6) is 1.45. The lowest BCUT2D eigenvalue weighted by molar-refractivity contribution is 0.201. The van der Waals surface area contributed by atoms with Gasteiger partial charge in [-0.2, -0.15) is 5.10 Å². The van der Waals surface area contributed by atoms with Crippen molar-refractivity contribution in [1.82, 2.24) is 25.0 Å². The quantitative estimate of drug-likeness (QED) is 0.528. The molecule has 1 N–H and O–H groups in total. The van der Waals surface area contributed by atoms with Crippen LogP contribution in [-0.4, -0.2) is 58.5 Å². The number of carbonyl (C=O) groups excluding carboxylic acids is 1. The largest absolute Gasteiger partial charge is 0.492 e. The third kappa shape index (κ3) is 5.56. The van der Waals surface area contributed by atoms with Crippen LogP contribution in [0.25, 0.3) is 5.69 Å². The van der Waals surface area contributed by atoms with E-state index in [4.69, 9.17) is 27.9 Å². The number of urea groups is 1. The van der Waals surface area contributed by atoms with Gasteiger partial charge in [0.15, 0.2) is 0 Å². The fraction of sp³-hybridized carbons (Fsp3) is 0.375. The van der Waals surface area contributed by atoms with Crippen LogP contribution in [0.5, 0.6) is 5.75 Å². The van der Waals surface area contributed by atoms with Crippen LogP contribution in [0.3, 0.4) is 0 Å². The molecule has 180 valence electrons. The average Bonchev–Trinajstić information content (AvgIpc) is 3.10. The number of anilines is 1. The molecule has 10 heteroatoms. The number of hydrogen-bond donors (Lipinski definition) is 1. The summed E-state index contributed by atoms with van der Waals surface area (Å²) < 4.78 is 7.63. The van der Waals surface area contributed by atoms with Crippen molar-refractivity contribution in [3.63, 3.8) is 0 Å². The van der Waals surface area contributed by atoms with Crippen LogP contribution in [0.2, 0.25) is 10.0 Å². The molecule has 0 atom stereocenters. The Morgan fingerprint density at radius 1 is 1.12 bits per heavy atom. The molecule has 1 fully saturated rings. The van der Waals surface area contributed by atoms with Crippen LogP contribution in [0, 0.1) is 6.92 Å². The first-order valence-corrected chi connectivity index (χ1v) is 12.1. The maximum atomic E-state index is 12.8. The summed E-state index contributed by atoms with van der Waals surface area (Å²) >= 11 is 12.4. The Labute approximate surface area is 209 Å². The molecule has 0 bridgehead atoms. The second kappa shape index (κ2) is 11.0. The first-order chi connectivity index (χ1) is 16.5. The van der Waals surface area contributed by atoms with Gasteiger partial charge in [-0.3, -0.25) is 0 Å². The Bertz CT molecular complexity index is 1130. The number of nitrogens with one attached hydrogen (secondary N) is 1. The van der Waals surface area contributed by atoms with Gasteiger partial charge in [-0.15, -0.1) is 0 Å². The topological polar surface area (TPSA) is 75.5 Å². The second-order valence-electron chi connectivity index (χ2n) is 8.01. The summed E-state index contributed by atoms with van der Waals surface area (Å²) in [6, 6.07) is 11.3. The number of carbonyl (C=O) groups is 1. The standard InChI is InChI=1S/C24H28Cl2N6O2/c1-3-34-23-14-18(8-9-22(23)32-16-28-17(2)29-32)30-10-5-11-31(13-12-30)24(33)27-15-19-20(25)6-4-7-21(19)26/h4,6-9,14,16H,3,5,10-13,15H2,1-2H3,(H,27,33). The van der Waals surface area contributed by atoms with Crippen LogP contribution in [-0.2, 0) is 6.54 Å². The van der Waals surface area contributed by atoms with Crippen LogP contribution in [0.4, 0.5) is 10.5 Å². The van der Waals surface area contributed by atoms with E-state index in [9.17, 15) is 4.79 Å².